The molecule has 3 atom stereocenters. The third-order valence-corrected chi connectivity index (χ3v) is 5.73. The van der Waals surface area contributed by atoms with Gasteiger partial charge < -0.3 is 15.5 Å². The number of piperidine rings is 1. The number of piperazine rings is 1. The summed E-state index contributed by atoms with van der Waals surface area (Å²) in [5.41, 5.74) is -1.19. The first-order chi connectivity index (χ1) is 14.2. The van der Waals surface area contributed by atoms with E-state index in [0.717, 1.165) is 29.7 Å². The number of nitrogens with zero attached hydrogens (tertiary/aromatic N) is 6. The van der Waals surface area contributed by atoms with Gasteiger partial charge in [-0.05, 0) is 19.4 Å². The Labute approximate surface area is 168 Å². The highest BCUT2D eigenvalue weighted by Crippen LogP contribution is 2.36. The molecule has 3 aromatic rings. The second-order valence-electron chi connectivity index (χ2n) is 7.69. The minimum Gasteiger partial charge on any atom is -0.348 e. The largest absolute Gasteiger partial charge is 0.437 e. The molecule has 9 nitrogen and oxygen atoms in total. The maximum atomic E-state index is 13.2. The molecule has 158 valence electrons. The lowest BCUT2D eigenvalue weighted by molar-refractivity contribution is -0.140. The summed E-state index contributed by atoms with van der Waals surface area (Å²) in [7, 11) is 1.35. The molecule has 3 fully saturated rings. The van der Waals surface area contributed by atoms with Gasteiger partial charge in [-0.3, -0.25) is 9.48 Å². The predicted molar refractivity (Wildman–Crippen MR) is 101 cm³/mol. The molecule has 0 radical (unpaired) electrons. The second kappa shape index (κ2) is 6.42. The molecule has 6 heterocycles. The smallest absolute Gasteiger partial charge is 0.348 e. The first-order valence-corrected chi connectivity index (χ1v) is 9.50. The molecular weight excluding hydrogens is 401 g/mol. The molecule has 2 bridgehead atoms. The van der Waals surface area contributed by atoms with Crippen molar-refractivity contribution in [1.29, 1.82) is 0 Å². The number of rotatable bonds is 3. The predicted octanol–water partition coefficient (Wildman–Crippen LogP) is 1.67. The van der Waals surface area contributed by atoms with Crippen LogP contribution in [0.25, 0.3) is 5.65 Å². The Morgan fingerprint density at radius 1 is 1.37 bits per heavy atom. The van der Waals surface area contributed by atoms with Gasteiger partial charge >= 0.3 is 6.18 Å². The Bertz CT molecular complexity index is 1130. The van der Waals surface area contributed by atoms with Gasteiger partial charge in [-0.1, -0.05) is 0 Å². The fraction of sp³-hybridized carbons (Fsp3) is 0.444. The Kier molecular flexibility index (Phi) is 4.04. The molecule has 3 aliphatic rings. The molecule has 12 heteroatoms. The monoisotopic (exact) mass is 420 g/mol. The fourth-order valence-corrected chi connectivity index (χ4v) is 4.22. The van der Waals surface area contributed by atoms with Crippen molar-refractivity contribution in [1.82, 2.24) is 29.7 Å². The van der Waals surface area contributed by atoms with Crippen LogP contribution < -0.4 is 15.5 Å². The van der Waals surface area contributed by atoms with E-state index in [2.05, 4.69) is 37.6 Å². The molecule has 0 saturated carbocycles. The van der Waals surface area contributed by atoms with Gasteiger partial charge in [0, 0.05) is 44.1 Å². The van der Waals surface area contributed by atoms with Gasteiger partial charge in [0.15, 0.2) is 11.3 Å². The van der Waals surface area contributed by atoms with Gasteiger partial charge in [-0.25, -0.2) is 9.50 Å². The van der Waals surface area contributed by atoms with E-state index in [1.54, 1.807) is 6.20 Å². The van der Waals surface area contributed by atoms with Crippen LogP contribution in [0.4, 0.5) is 24.7 Å². The standard InChI is InChI=1S/C18H19F3N8O/c1-9-13-5-10(6-22-9)29(13)14-3-4-28-16(25-14)11(7-23-28)17(30)24-12-8-27(2)26-15(12)18(19,20)21/h3-4,7-10,13,22H,5-6H2,1-2H3,(H,24,30)/t9?,10?,13-/m0/s1. The normalized spacial score (nSPS) is 23.5. The Hall–Kier alpha value is -3.15. The highest BCUT2D eigenvalue weighted by molar-refractivity contribution is 6.08. The number of nitrogens with one attached hydrogen (secondary N) is 2. The molecule has 3 aromatic heterocycles. The van der Waals surface area contributed by atoms with Crippen LogP contribution in [0.1, 0.15) is 29.4 Å². The van der Waals surface area contributed by atoms with Crippen LogP contribution in [-0.2, 0) is 13.2 Å². The molecule has 0 spiro atoms. The Morgan fingerprint density at radius 3 is 2.87 bits per heavy atom. The molecule has 0 aliphatic carbocycles. The van der Waals surface area contributed by atoms with Crippen LogP contribution in [0.15, 0.2) is 24.7 Å². The van der Waals surface area contributed by atoms with Crippen LogP contribution in [0.3, 0.4) is 0 Å². The van der Waals surface area contributed by atoms with Crippen molar-refractivity contribution >= 4 is 23.1 Å². The van der Waals surface area contributed by atoms with Crippen molar-refractivity contribution < 1.29 is 18.0 Å². The molecule has 0 aromatic carbocycles. The van der Waals surface area contributed by atoms with Gasteiger partial charge in [0.25, 0.3) is 5.91 Å². The zero-order valence-corrected chi connectivity index (χ0v) is 16.2. The second-order valence-corrected chi connectivity index (χ2v) is 7.69. The number of amides is 1. The number of halogens is 3. The van der Waals surface area contributed by atoms with E-state index in [-0.39, 0.29) is 11.2 Å². The first-order valence-electron chi connectivity index (χ1n) is 9.50. The van der Waals surface area contributed by atoms with Gasteiger partial charge in [-0.15, -0.1) is 0 Å². The Morgan fingerprint density at radius 2 is 2.17 bits per heavy atom. The SMILES string of the molecule is CC1NCC2C[C@@H]1N2c1ccn2ncc(C(=O)Nc3cn(C)nc3C(F)(F)F)c2n1. The van der Waals surface area contributed by atoms with Gasteiger partial charge in [-0.2, -0.15) is 23.4 Å². The molecule has 3 aliphatic heterocycles. The number of carbonyl (C=O) groups is 1. The number of aromatic nitrogens is 5. The molecule has 30 heavy (non-hydrogen) atoms. The van der Waals surface area contributed by atoms with Crippen LogP contribution >= 0.6 is 0 Å². The molecule has 6 rings (SSSR count). The topological polar surface area (TPSA) is 92.4 Å². The van der Waals surface area contributed by atoms with Gasteiger partial charge in [0.05, 0.1) is 11.9 Å². The zero-order valence-electron chi connectivity index (χ0n) is 16.2. The lowest BCUT2D eigenvalue weighted by atomic mass is 9.83. The molecule has 3 saturated heterocycles. The van der Waals surface area contributed by atoms with E-state index in [0.29, 0.717) is 18.1 Å². The van der Waals surface area contributed by atoms with E-state index in [1.165, 1.54) is 17.8 Å². The van der Waals surface area contributed by atoms with Crippen LogP contribution in [0, 0.1) is 0 Å². The number of anilines is 2. The summed E-state index contributed by atoms with van der Waals surface area (Å²) in [6.07, 6.45) is 0.504. The third kappa shape index (κ3) is 2.90. The van der Waals surface area contributed by atoms with E-state index >= 15 is 0 Å². The number of hydrogen-bond acceptors (Lipinski definition) is 6. The molecular formula is C18H19F3N8O. The Balaban J connectivity index is 1.46. The summed E-state index contributed by atoms with van der Waals surface area (Å²) in [4.78, 5) is 19.6. The number of alkyl halides is 3. The van der Waals surface area contributed by atoms with Crippen molar-refractivity contribution in [3.05, 3.63) is 35.9 Å². The lowest BCUT2D eigenvalue weighted by Gasteiger charge is -2.56. The van der Waals surface area contributed by atoms with Crippen molar-refractivity contribution in [3.63, 3.8) is 0 Å². The first kappa shape index (κ1) is 18.9. The maximum absolute atomic E-state index is 13.2. The average molecular weight is 420 g/mol. The number of fused-ring (bicyclic) bond motifs is 3. The van der Waals surface area contributed by atoms with Gasteiger partial charge in [0.1, 0.15) is 11.4 Å². The van der Waals surface area contributed by atoms with Crippen molar-refractivity contribution in [2.45, 2.75) is 37.6 Å². The maximum Gasteiger partial charge on any atom is 0.437 e. The van der Waals surface area contributed by atoms with Crippen molar-refractivity contribution in [2.75, 3.05) is 16.8 Å². The van der Waals surface area contributed by atoms with Crippen molar-refractivity contribution in [3.8, 4) is 0 Å². The molecule has 1 amide bonds. The summed E-state index contributed by atoms with van der Waals surface area (Å²) in [6.45, 7) is 2.98. The number of aryl methyl sites for hydroxylation is 1. The summed E-state index contributed by atoms with van der Waals surface area (Å²) >= 11 is 0. The zero-order chi connectivity index (χ0) is 21.2. The highest BCUT2D eigenvalue weighted by Gasteiger charge is 2.46. The van der Waals surface area contributed by atoms with Gasteiger partial charge in [0.2, 0.25) is 0 Å². The summed E-state index contributed by atoms with van der Waals surface area (Å²) < 4.78 is 42.0. The van der Waals surface area contributed by atoms with E-state index in [4.69, 9.17) is 0 Å². The van der Waals surface area contributed by atoms with Crippen molar-refractivity contribution in [2.24, 2.45) is 7.05 Å². The van der Waals surface area contributed by atoms with Crippen LogP contribution in [-0.4, -0.2) is 55.0 Å². The van der Waals surface area contributed by atoms with E-state index in [9.17, 15) is 18.0 Å². The molecule has 2 unspecified atom stereocenters. The lowest BCUT2D eigenvalue weighted by Crippen LogP contribution is -2.72. The summed E-state index contributed by atoms with van der Waals surface area (Å²) in [6, 6.07) is 2.82. The third-order valence-electron chi connectivity index (χ3n) is 5.73. The minimum absolute atomic E-state index is 0.0886. The van der Waals surface area contributed by atoms with E-state index in [1.807, 2.05) is 6.07 Å². The fourth-order valence-electron chi connectivity index (χ4n) is 4.22. The quantitative estimate of drug-likeness (QED) is 0.670. The minimum atomic E-state index is -4.68. The molecule has 2 N–H and O–H groups in total. The average Bonchev–Trinajstić information content (AvgIpc) is 3.24. The number of hydrogen-bond donors (Lipinski definition) is 2. The number of carbonyl (C=O) groups excluding carboxylic acids is 1. The van der Waals surface area contributed by atoms with E-state index < -0.39 is 23.5 Å². The summed E-state index contributed by atoms with van der Waals surface area (Å²) in [5.74, 6) is -0.00371. The van der Waals surface area contributed by atoms with Crippen LogP contribution in [0.5, 0.6) is 0 Å². The van der Waals surface area contributed by atoms with Crippen LogP contribution in [0.2, 0.25) is 0 Å². The summed E-state index contributed by atoms with van der Waals surface area (Å²) in [5, 5.41) is 13.2. The highest BCUT2D eigenvalue weighted by atomic mass is 19.4.